The molecule has 1 saturated heterocycles. The standard InChI is InChI=1S/C11H22N2O/c1-11(14)6-7-13(8-11)10-5-3-2-4-9(10)12/h9-10,14H,2-8,12H2,1H3. The van der Waals surface area contributed by atoms with Crippen LogP contribution in [-0.2, 0) is 0 Å². The summed E-state index contributed by atoms with van der Waals surface area (Å²) in [5.41, 5.74) is 5.65. The van der Waals surface area contributed by atoms with E-state index in [2.05, 4.69) is 4.90 Å². The van der Waals surface area contributed by atoms with Crippen molar-refractivity contribution in [1.82, 2.24) is 4.90 Å². The molecular formula is C11H22N2O. The Morgan fingerprint density at radius 2 is 2.07 bits per heavy atom. The van der Waals surface area contributed by atoms with E-state index >= 15 is 0 Å². The van der Waals surface area contributed by atoms with E-state index in [0.717, 1.165) is 25.9 Å². The fourth-order valence-corrected chi connectivity index (χ4v) is 2.86. The highest BCUT2D eigenvalue weighted by Crippen LogP contribution is 2.28. The predicted octanol–water partition coefficient (Wildman–Crippen LogP) is 0.713. The summed E-state index contributed by atoms with van der Waals surface area (Å²) >= 11 is 0. The van der Waals surface area contributed by atoms with Gasteiger partial charge in [-0.25, -0.2) is 0 Å². The van der Waals surface area contributed by atoms with E-state index in [1.165, 1.54) is 19.3 Å². The maximum absolute atomic E-state index is 9.90. The summed E-state index contributed by atoms with van der Waals surface area (Å²) in [7, 11) is 0. The van der Waals surface area contributed by atoms with Crippen molar-refractivity contribution in [2.24, 2.45) is 5.73 Å². The van der Waals surface area contributed by atoms with Crippen LogP contribution in [0.2, 0.25) is 0 Å². The second kappa shape index (κ2) is 3.80. The van der Waals surface area contributed by atoms with Crippen LogP contribution >= 0.6 is 0 Å². The molecule has 0 radical (unpaired) electrons. The number of rotatable bonds is 1. The average molecular weight is 198 g/mol. The van der Waals surface area contributed by atoms with Gasteiger partial charge in [-0.05, 0) is 26.2 Å². The smallest absolute Gasteiger partial charge is 0.0758 e. The Bertz CT molecular complexity index is 205. The third-order valence-electron chi connectivity index (χ3n) is 3.73. The van der Waals surface area contributed by atoms with Gasteiger partial charge >= 0.3 is 0 Å². The summed E-state index contributed by atoms with van der Waals surface area (Å²) in [6, 6.07) is 0.857. The third kappa shape index (κ3) is 2.10. The quantitative estimate of drug-likeness (QED) is 0.652. The van der Waals surface area contributed by atoms with Crippen LogP contribution in [0.1, 0.15) is 39.0 Å². The number of β-amino-alcohol motifs (C(OH)–C–C–N with tert-alkyl or cyclic N) is 1. The molecular weight excluding hydrogens is 176 g/mol. The van der Waals surface area contributed by atoms with Crippen molar-refractivity contribution in [1.29, 1.82) is 0 Å². The van der Waals surface area contributed by atoms with Crippen molar-refractivity contribution < 1.29 is 5.11 Å². The van der Waals surface area contributed by atoms with Crippen LogP contribution in [0.4, 0.5) is 0 Å². The normalized spacial score (nSPS) is 45.6. The molecule has 0 bridgehead atoms. The average Bonchev–Trinajstić information content (AvgIpc) is 2.47. The third-order valence-corrected chi connectivity index (χ3v) is 3.73. The summed E-state index contributed by atoms with van der Waals surface area (Å²) in [5.74, 6) is 0. The Hall–Kier alpha value is -0.120. The van der Waals surface area contributed by atoms with Crippen molar-refractivity contribution in [3.63, 3.8) is 0 Å². The van der Waals surface area contributed by atoms with Gasteiger partial charge in [-0.15, -0.1) is 0 Å². The van der Waals surface area contributed by atoms with Crippen LogP contribution < -0.4 is 5.73 Å². The van der Waals surface area contributed by atoms with Crippen molar-refractivity contribution >= 4 is 0 Å². The summed E-state index contributed by atoms with van der Waals surface area (Å²) < 4.78 is 0. The largest absolute Gasteiger partial charge is 0.389 e. The van der Waals surface area contributed by atoms with Gasteiger partial charge in [0.15, 0.2) is 0 Å². The van der Waals surface area contributed by atoms with Crippen LogP contribution in [0.3, 0.4) is 0 Å². The van der Waals surface area contributed by atoms with Gasteiger partial charge in [0.1, 0.15) is 0 Å². The van der Waals surface area contributed by atoms with Gasteiger partial charge in [0.25, 0.3) is 0 Å². The number of aliphatic hydroxyl groups is 1. The molecule has 1 aliphatic heterocycles. The molecule has 3 atom stereocenters. The lowest BCUT2D eigenvalue weighted by Crippen LogP contribution is -2.49. The van der Waals surface area contributed by atoms with Crippen molar-refractivity contribution in [2.45, 2.75) is 56.7 Å². The Balaban J connectivity index is 1.95. The second-order valence-electron chi connectivity index (χ2n) is 5.23. The summed E-state index contributed by atoms with van der Waals surface area (Å²) in [4.78, 5) is 2.39. The molecule has 3 N–H and O–H groups in total. The van der Waals surface area contributed by atoms with Crippen molar-refractivity contribution in [3.05, 3.63) is 0 Å². The number of nitrogens with zero attached hydrogens (tertiary/aromatic N) is 1. The Labute approximate surface area is 86.3 Å². The summed E-state index contributed by atoms with van der Waals surface area (Å²) in [6.07, 6.45) is 5.86. The van der Waals surface area contributed by atoms with Gasteiger partial charge < -0.3 is 10.8 Å². The van der Waals surface area contributed by atoms with Gasteiger partial charge in [0, 0.05) is 25.2 Å². The first-order valence-electron chi connectivity index (χ1n) is 5.80. The first-order chi connectivity index (χ1) is 6.58. The first-order valence-corrected chi connectivity index (χ1v) is 5.80. The first kappa shape index (κ1) is 10.4. The molecule has 1 saturated carbocycles. The molecule has 0 aromatic carbocycles. The Kier molecular flexibility index (Phi) is 2.82. The predicted molar refractivity (Wildman–Crippen MR) is 57.0 cm³/mol. The maximum atomic E-state index is 9.90. The molecule has 1 aliphatic carbocycles. The molecule has 2 rings (SSSR count). The van der Waals surface area contributed by atoms with E-state index in [9.17, 15) is 5.11 Å². The SMILES string of the molecule is CC1(O)CCN(C2CCCCC2N)C1. The molecule has 0 aromatic rings. The number of hydrogen-bond donors (Lipinski definition) is 2. The van der Waals surface area contributed by atoms with Gasteiger partial charge in [-0.1, -0.05) is 12.8 Å². The van der Waals surface area contributed by atoms with Crippen LogP contribution in [0.25, 0.3) is 0 Å². The van der Waals surface area contributed by atoms with E-state index < -0.39 is 5.60 Å². The molecule has 0 aromatic heterocycles. The number of nitrogens with two attached hydrogens (primary N) is 1. The highest BCUT2D eigenvalue weighted by Gasteiger charge is 2.37. The molecule has 0 amide bonds. The van der Waals surface area contributed by atoms with Gasteiger partial charge in [0.05, 0.1) is 5.60 Å². The zero-order valence-electron chi connectivity index (χ0n) is 9.08. The minimum absolute atomic E-state index is 0.331. The topological polar surface area (TPSA) is 49.5 Å². The second-order valence-corrected chi connectivity index (χ2v) is 5.23. The molecule has 2 aliphatic rings. The molecule has 14 heavy (non-hydrogen) atoms. The highest BCUT2D eigenvalue weighted by atomic mass is 16.3. The Morgan fingerprint density at radius 3 is 2.64 bits per heavy atom. The van der Waals surface area contributed by atoms with Crippen LogP contribution in [-0.4, -0.2) is 40.8 Å². The molecule has 3 heteroatoms. The lowest BCUT2D eigenvalue weighted by molar-refractivity contribution is 0.0556. The van der Waals surface area contributed by atoms with Crippen LogP contribution in [0, 0.1) is 0 Å². The fraction of sp³-hybridized carbons (Fsp3) is 1.00. The lowest BCUT2D eigenvalue weighted by Gasteiger charge is -2.36. The zero-order valence-corrected chi connectivity index (χ0v) is 9.08. The van der Waals surface area contributed by atoms with Gasteiger partial charge in [-0.3, -0.25) is 4.90 Å². The summed E-state index contributed by atoms with van der Waals surface area (Å²) in [6.45, 7) is 3.76. The molecule has 1 heterocycles. The van der Waals surface area contributed by atoms with Gasteiger partial charge in [-0.2, -0.15) is 0 Å². The van der Waals surface area contributed by atoms with E-state index in [4.69, 9.17) is 5.73 Å². The van der Waals surface area contributed by atoms with E-state index in [-0.39, 0.29) is 0 Å². The van der Waals surface area contributed by atoms with Crippen LogP contribution in [0.5, 0.6) is 0 Å². The molecule has 3 nitrogen and oxygen atoms in total. The zero-order chi connectivity index (χ0) is 10.2. The highest BCUT2D eigenvalue weighted by molar-refractivity contribution is 4.94. The van der Waals surface area contributed by atoms with E-state index in [1.807, 2.05) is 6.92 Å². The molecule has 2 fully saturated rings. The minimum Gasteiger partial charge on any atom is -0.389 e. The molecule has 0 spiro atoms. The van der Waals surface area contributed by atoms with Gasteiger partial charge in [0.2, 0.25) is 0 Å². The summed E-state index contributed by atoms with van der Waals surface area (Å²) in [5, 5.41) is 9.90. The number of likely N-dealkylation sites (tertiary alicyclic amines) is 1. The minimum atomic E-state index is -0.475. The van der Waals surface area contributed by atoms with Crippen molar-refractivity contribution in [3.8, 4) is 0 Å². The van der Waals surface area contributed by atoms with Crippen LogP contribution in [0.15, 0.2) is 0 Å². The van der Waals surface area contributed by atoms with Crippen molar-refractivity contribution in [2.75, 3.05) is 13.1 Å². The molecule has 82 valence electrons. The number of hydrogen-bond acceptors (Lipinski definition) is 3. The molecule has 3 unspecified atom stereocenters. The monoisotopic (exact) mass is 198 g/mol. The van der Waals surface area contributed by atoms with E-state index in [1.54, 1.807) is 0 Å². The Morgan fingerprint density at radius 1 is 1.36 bits per heavy atom. The lowest BCUT2D eigenvalue weighted by atomic mass is 9.90. The fourth-order valence-electron chi connectivity index (χ4n) is 2.86. The van der Waals surface area contributed by atoms with E-state index in [0.29, 0.717) is 12.1 Å². The maximum Gasteiger partial charge on any atom is 0.0758 e.